The highest BCUT2D eigenvalue weighted by Gasteiger charge is 2.16. The van der Waals surface area contributed by atoms with E-state index in [9.17, 15) is 4.79 Å². The molecule has 0 aliphatic rings. The molecule has 0 radical (unpaired) electrons. The molecule has 0 unspecified atom stereocenters. The van der Waals surface area contributed by atoms with Crippen molar-refractivity contribution in [3.63, 3.8) is 0 Å². The van der Waals surface area contributed by atoms with Crippen molar-refractivity contribution in [3.8, 4) is 11.4 Å². The smallest absolute Gasteiger partial charge is 0.254 e. The summed E-state index contributed by atoms with van der Waals surface area (Å²) in [6.45, 7) is 2.11. The quantitative estimate of drug-likeness (QED) is 0.377. The van der Waals surface area contributed by atoms with Crippen molar-refractivity contribution in [2.24, 2.45) is 0 Å². The Morgan fingerprint density at radius 1 is 1.32 bits per heavy atom. The number of thioether (sulfide) groups is 1. The first-order valence-electron chi connectivity index (χ1n) is 7.47. The van der Waals surface area contributed by atoms with Crippen LogP contribution in [-0.2, 0) is 16.2 Å². The number of carbonyl (C=O) groups is 1. The highest BCUT2D eigenvalue weighted by atomic mass is 32.2. The van der Waals surface area contributed by atoms with Gasteiger partial charge in [0.25, 0.3) is 5.91 Å². The van der Waals surface area contributed by atoms with Gasteiger partial charge in [0.1, 0.15) is 5.76 Å². The predicted molar refractivity (Wildman–Crippen MR) is 92.7 cm³/mol. The molecule has 3 rings (SSSR count). The minimum atomic E-state index is -0.287. The summed E-state index contributed by atoms with van der Waals surface area (Å²) in [5.41, 5.74) is 4.12. The summed E-state index contributed by atoms with van der Waals surface area (Å²) in [4.78, 5) is 17.0. The number of furan rings is 1. The number of nitrogen functional groups attached to an aromatic ring is 1. The molecule has 1 amide bonds. The Bertz CT molecular complexity index is 847. The maximum Gasteiger partial charge on any atom is 0.254 e. The van der Waals surface area contributed by atoms with Crippen LogP contribution < -0.4 is 11.3 Å². The fourth-order valence-corrected chi connectivity index (χ4v) is 2.75. The molecule has 2 heterocycles. The molecule has 3 aromatic rings. The van der Waals surface area contributed by atoms with E-state index in [-0.39, 0.29) is 11.7 Å². The van der Waals surface area contributed by atoms with Gasteiger partial charge in [-0.05, 0) is 18.6 Å². The van der Waals surface area contributed by atoms with Crippen LogP contribution in [-0.4, -0.2) is 26.5 Å². The van der Waals surface area contributed by atoms with Crippen LogP contribution in [0.15, 0.2) is 52.2 Å². The lowest BCUT2D eigenvalue weighted by Crippen LogP contribution is -2.25. The van der Waals surface area contributed by atoms with Crippen LogP contribution in [0.4, 0.5) is 0 Å². The van der Waals surface area contributed by atoms with E-state index < -0.39 is 0 Å². The first-order chi connectivity index (χ1) is 12.1. The normalized spacial score (nSPS) is 10.8. The topological polar surface area (TPSA) is 108 Å². The van der Waals surface area contributed by atoms with Crippen molar-refractivity contribution in [3.05, 3.63) is 54.0 Å². The number of carbonyl (C=O) groups excluding carboxylic acids is 1. The second-order valence-corrected chi connectivity index (χ2v) is 6.10. The SMILES string of the molecule is Cc1occc1-c1nnc(SCC(=O)NOCc2ccccc2)n1N. The van der Waals surface area contributed by atoms with Crippen molar-refractivity contribution in [1.82, 2.24) is 20.4 Å². The Labute approximate surface area is 148 Å². The lowest BCUT2D eigenvalue weighted by atomic mass is 10.2. The third-order valence-electron chi connectivity index (χ3n) is 3.36. The monoisotopic (exact) mass is 359 g/mol. The number of hydrogen-bond acceptors (Lipinski definition) is 7. The highest BCUT2D eigenvalue weighted by Crippen LogP contribution is 2.24. The molecule has 0 saturated carbocycles. The zero-order valence-corrected chi connectivity index (χ0v) is 14.3. The largest absolute Gasteiger partial charge is 0.469 e. The van der Waals surface area contributed by atoms with E-state index in [0.717, 1.165) is 11.1 Å². The molecular weight excluding hydrogens is 342 g/mol. The van der Waals surface area contributed by atoms with Gasteiger partial charge in [-0.1, -0.05) is 42.1 Å². The summed E-state index contributed by atoms with van der Waals surface area (Å²) in [6.07, 6.45) is 1.56. The third-order valence-corrected chi connectivity index (χ3v) is 4.31. The number of benzene rings is 1. The highest BCUT2D eigenvalue weighted by molar-refractivity contribution is 7.99. The molecular formula is C16H17N5O3S. The standard InChI is InChI=1S/C16H17N5O3S/c1-11-13(7-8-23-11)15-18-19-16(21(15)17)25-10-14(22)20-24-9-12-5-3-2-4-6-12/h2-8H,9-10,17H2,1H3,(H,20,22). The number of nitrogens with two attached hydrogens (primary N) is 1. The van der Waals surface area contributed by atoms with Gasteiger partial charge >= 0.3 is 0 Å². The van der Waals surface area contributed by atoms with Gasteiger partial charge < -0.3 is 10.3 Å². The molecule has 0 aliphatic heterocycles. The van der Waals surface area contributed by atoms with Gasteiger partial charge in [-0.3, -0.25) is 9.63 Å². The Hall–Kier alpha value is -2.78. The molecule has 0 bridgehead atoms. The molecule has 0 atom stereocenters. The number of nitrogens with one attached hydrogen (secondary N) is 1. The first kappa shape index (κ1) is 17.1. The Balaban J connectivity index is 1.49. The zero-order chi connectivity index (χ0) is 17.6. The average Bonchev–Trinajstić information content (AvgIpc) is 3.19. The molecule has 3 N–H and O–H groups in total. The van der Waals surface area contributed by atoms with Crippen molar-refractivity contribution in [2.45, 2.75) is 18.7 Å². The Kier molecular flexibility index (Phi) is 5.36. The van der Waals surface area contributed by atoms with Crippen molar-refractivity contribution in [1.29, 1.82) is 0 Å². The van der Waals surface area contributed by atoms with Crippen LogP contribution in [0, 0.1) is 6.92 Å². The number of hydrogen-bond donors (Lipinski definition) is 2. The lowest BCUT2D eigenvalue weighted by molar-refractivity contribution is -0.131. The van der Waals surface area contributed by atoms with Crippen molar-refractivity contribution >= 4 is 17.7 Å². The molecule has 2 aromatic heterocycles. The summed E-state index contributed by atoms with van der Waals surface area (Å²) in [5.74, 6) is 6.99. The summed E-state index contributed by atoms with van der Waals surface area (Å²) >= 11 is 1.17. The van der Waals surface area contributed by atoms with Gasteiger partial charge in [-0.2, -0.15) is 0 Å². The van der Waals surface area contributed by atoms with Crippen molar-refractivity contribution in [2.75, 3.05) is 11.6 Å². The van der Waals surface area contributed by atoms with Gasteiger partial charge in [0.05, 0.1) is 24.2 Å². The molecule has 0 saturated heterocycles. The van der Waals surface area contributed by atoms with E-state index in [1.807, 2.05) is 37.3 Å². The van der Waals surface area contributed by atoms with E-state index in [1.165, 1.54) is 16.4 Å². The average molecular weight is 359 g/mol. The van der Waals surface area contributed by atoms with Crippen LogP contribution in [0.25, 0.3) is 11.4 Å². The molecule has 0 aliphatic carbocycles. The maximum atomic E-state index is 11.8. The van der Waals surface area contributed by atoms with Crippen LogP contribution in [0.3, 0.4) is 0 Å². The van der Waals surface area contributed by atoms with E-state index in [2.05, 4.69) is 15.7 Å². The summed E-state index contributed by atoms with van der Waals surface area (Å²) in [7, 11) is 0. The minimum Gasteiger partial charge on any atom is -0.469 e. The van der Waals surface area contributed by atoms with Gasteiger partial charge in [0.2, 0.25) is 5.16 Å². The molecule has 0 fully saturated rings. The van der Waals surface area contributed by atoms with Crippen molar-refractivity contribution < 1.29 is 14.0 Å². The molecule has 9 heteroatoms. The fraction of sp³-hybridized carbons (Fsp3) is 0.188. The molecule has 8 nitrogen and oxygen atoms in total. The maximum absolute atomic E-state index is 11.8. The van der Waals surface area contributed by atoms with Gasteiger partial charge in [-0.15, -0.1) is 10.2 Å². The second kappa shape index (κ2) is 7.86. The van der Waals surface area contributed by atoms with Crippen LogP contribution in [0.2, 0.25) is 0 Å². The van der Waals surface area contributed by atoms with Crippen LogP contribution >= 0.6 is 11.8 Å². The minimum absolute atomic E-state index is 0.106. The second-order valence-electron chi connectivity index (χ2n) is 5.15. The van der Waals surface area contributed by atoms with E-state index >= 15 is 0 Å². The first-order valence-corrected chi connectivity index (χ1v) is 8.46. The molecule has 25 heavy (non-hydrogen) atoms. The van der Waals surface area contributed by atoms with Gasteiger partial charge in [0, 0.05) is 0 Å². The van der Waals surface area contributed by atoms with E-state index in [0.29, 0.717) is 23.3 Å². The number of rotatable bonds is 7. The number of hydroxylamine groups is 1. The van der Waals surface area contributed by atoms with Crippen LogP contribution in [0.1, 0.15) is 11.3 Å². The summed E-state index contributed by atoms with van der Waals surface area (Å²) < 4.78 is 6.57. The van der Waals surface area contributed by atoms with Gasteiger partial charge in [-0.25, -0.2) is 10.2 Å². The number of aromatic nitrogens is 3. The number of amides is 1. The molecule has 130 valence electrons. The third kappa shape index (κ3) is 4.20. The zero-order valence-electron chi connectivity index (χ0n) is 13.5. The summed E-state index contributed by atoms with van der Waals surface area (Å²) in [5, 5.41) is 8.47. The number of nitrogens with zero attached hydrogens (tertiary/aromatic N) is 3. The molecule has 1 aromatic carbocycles. The van der Waals surface area contributed by atoms with E-state index in [4.69, 9.17) is 15.1 Å². The van der Waals surface area contributed by atoms with E-state index in [1.54, 1.807) is 12.3 Å². The van der Waals surface area contributed by atoms with Gasteiger partial charge in [0.15, 0.2) is 5.82 Å². The lowest BCUT2D eigenvalue weighted by Gasteiger charge is -2.06. The number of aryl methyl sites for hydroxylation is 1. The predicted octanol–water partition coefficient (Wildman–Crippen LogP) is 1.90. The Morgan fingerprint density at radius 3 is 2.84 bits per heavy atom. The fourth-order valence-electron chi connectivity index (χ4n) is 2.11. The summed E-state index contributed by atoms with van der Waals surface area (Å²) in [6, 6.07) is 11.3. The van der Waals surface area contributed by atoms with Crippen LogP contribution in [0.5, 0.6) is 0 Å². The molecule has 0 spiro atoms. The Morgan fingerprint density at radius 2 is 2.12 bits per heavy atom.